The molecule has 0 atom stereocenters. The van der Waals surface area contributed by atoms with E-state index in [1.165, 1.54) is 6.92 Å². The Labute approximate surface area is 122 Å². The van der Waals surface area contributed by atoms with Crippen LogP contribution in [0.3, 0.4) is 0 Å². The van der Waals surface area contributed by atoms with E-state index in [4.69, 9.17) is 11.6 Å². The fraction of sp³-hybridized carbons (Fsp3) is 0.0909. The Hall–Kier alpha value is -2.13. The van der Waals surface area contributed by atoms with Gasteiger partial charge in [0.15, 0.2) is 4.90 Å². The van der Waals surface area contributed by atoms with Crippen molar-refractivity contribution in [1.82, 2.24) is 9.97 Å². The average Bonchev–Trinajstić information content (AvgIpc) is 2.31. The third-order valence-corrected chi connectivity index (χ3v) is 4.34. The topological polar surface area (TPSA) is 112 Å². The van der Waals surface area contributed by atoms with Gasteiger partial charge in [0.1, 0.15) is 5.82 Å². The summed E-state index contributed by atoms with van der Waals surface area (Å²) >= 11 is 5.55. The summed E-state index contributed by atoms with van der Waals surface area (Å²) in [5.41, 5.74) is -2.02. The minimum Gasteiger partial charge on any atom is -0.310 e. The van der Waals surface area contributed by atoms with E-state index >= 15 is 0 Å². The van der Waals surface area contributed by atoms with Crippen molar-refractivity contribution in [3.05, 3.63) is 55.6 Å². The molecule has 1 heterocycles. The van der Waals surface area contributed by atoms with Crippen molar-refractivity contribution in [3.63, 3.8) is 0 Å². The predicted octanol–water partition coefficient (Wildman–Crippen LogP) is 0.965. The summed E-state index contributed by atoms with van der Waals surface area (Å²) in [6.45, 7) is 1.27. The highest BCUT2D eigenvalue weighted by atomic mass is 35.5. The van der Waals surface area contributed by atoms with E-state index in [1.807, 2.05) is 4.98 Å². The number of aromatic nitrogens is 2. The first-order chi connectivity index (χ1) is 9.70. The number of rotatable bonds is 3. The van der Waals surface area contributed by atoms with Crippen LogP contribution in [0.2, 0.25) is 5.02 Å². The molecule has 1 aromatic heterocycles. The number of aromatic amines is 2. The third kappa shape index (κ3) is 3.14. The largest absolute Gasteiger partial charge is 0.325 e. The second-order valence-electron chi connectivity index (χ2n) is 4.10. The van der Waals surface area contributed by atoms with Gasteiger partial charge in [-0.2, -0.15) is 0 Å². The number of sulfonamides is 1. The molecule has 7 nitrogen and oxygen atoms in total. The molecule has 0 aliphatic carbocycles. The molecule has 21 heavy (non-hydrogen) atoms. The number of anilines is 1. The number of H-pyrrole nitrogens is 2. The normalized spacial score (nSPS) is 11.4. The molecule has 2 aromatic rings. The molecule has 1 aromatic carbocycles. The molecule has 0 bridgehead atoms. The zero-order chi connectivity index (χ0) is 15.8. The van der Waals surface area contributed by atoms with E-state index < -0.39 is 32.0 Å². The molecular formula is C11H9ClFN3O4S. The van der Waals surface area contributed by atoms with Gasteiger partial charge < -0.3 is 4.98 Å². The van der Waals surface area contributed by atoms with Gasteiger partial charge >= 0.3 is 5.69 Å². The van der Waals surface area contributed by atoms with Crippen LogP contribution in [0.25, 0.3) is 0 Å². The zero-order valence-corrected chi connectivity index (χ0v) is 12.1. The lowest BCUT2D eigenvalue weighted by molar-refractivity contribution is 0.597. The summed E-state index contributed by atoms with van der Waals surface area (Å²) in [5.74, 6) is -0.710. The summed E-state index contributed by atoms with van der Waals surface area (Å²) in [6, 6.07) is 3.18. The predicted molar refractivity (Wildman–Crippen MR) is 74.6 cm³/mol. The van der Waals surface area contributed by atoms with Crippen molar-refractivity contribution >= 4 is 27.3 Å². The quantitative estimate of drug-likeness (QED) is 0.776. The van der Waals surface area contributed by atoms with Crippen molar-refractivity contribution < 1.29 is 12.8 Å². The first kappa shape index (κ1) is 15.3. The summed E-state index contributed by atoms with van der Waals surface area (Å²) < 4.78 is 39.4. The molecule has 0 spiro atoms. The van der Waals surface area contributed by atoms with Gasteiger partial charge in [-0.3, -0.25) is 14.5 Å². The Bertz CT molecular complexity index is 920. The van der Waals surface area contributed by atoms with Crippen molar-refractivity contribution in [3.8, 4) is 0 Å². The van der Waals surface area contributed by atoms with E-state index in [-0.39, 0.29) is 16.4 Å². The molecule has 10 heteroatoms. The van der Waals surface area contributed by atoms with Crippen molar-refractivity contribution in [2.24, 2.45) is 0 Å². The maximum atomic E-state index is 13.0. The van der Waals surface area contributed by atoms with Crippen LogP contribution < -0.4 is 16.0 Å². The van der Waals surface area contributed by atoms with Crippen LogP contribution in [0.5, 0.6) is 0 Å². The molecule has 0 saturated heterocycles. The highest BCUT2D eigenvalue weighted by Crippen LogP contribution is 2.21. The van der Waals surface area contributed by atoms with Gasteiger partial charge in [-0.05, 0) is 25.1 Å². The summed E-state index contributed by atoms with van der Waals surface area (Å²) in [5, 5.41) is -0.276. The number of halogens is 2. The smallest absolute Gasteiger partial charge is 0.310 e. The Balaban J connectivity index is 2.51. The zero-order valence-electron chi connectivity index (χ0n) is 10.5. The number of nitrogens with one attached hydrogen (secondary N) is 3. The maximum absolute atomic E-state index is 13.0. The second-order valence-corrected chi connectivity index (χ2v) is 6.12. The number of benzene rings is 1. The molecule has 112 valence electrons. The Morgan fingerprint density at radius 3 is 2.48 bits per heavy atom. The molecule has 0 unspecified atom stereocenters. The first-order valence-corrected chi connectivity index (χ1v) is 7.38. The molecule has 0 fully saturated rings. The van der Waals surface area contributed by atoms with Crippen LogP contribution >= 0.6 is 11.6 Å². The molecule has 0 aliphatic heterocycles. The second kappa shape index (κ2) is 5.34. The molecule has 0 saturated carbocycles. The van der Waals surface area contributed by atoms with E-state index in [0.29, 0.717) is 0 Å². The van der Waals surface area contributed by atoms with E-state index in [2.05, 4.69) is 9.71 Å². The number of hydrogen-bond acceptors (Lipinski definition) is 4. The van der Waals surface area contributed by atoms with Crippen molar-refractivity contribution in [2.75, 3.05) is 4.72 Å². The third-order valence-electron chi connectivity index (χ3n) is 2.52. The monoisotopic (exact) mass is 333 g/mol. The Morgan fingerprint density at radius 1 is 1.24 bits per heavy atom. The molecule has 0 aliphatic rings. The lowest BCUT2D eigenvalue weighted by Crippen LogP contribution is -2.31. The van der Waals surface area contributed by atoms with Gasteiger partial charge in [-0.1, -0.05) is 11.6 Å². The maximum Gasteiger partial charge on any atom is 0.325 e. The van der Waals surface area contributed by atoms with Crippen molar-refractivity contribution in [2.45, 2.75) is 11.8 Å². The minimum absolute atomic E-state index is 0.0219. The lowest BCUT2D eigenvalue weighted by Gasteiger charge is -2.09. The van der Waals surface area contributed by atoms with E-state index in [9.17, 15) is 22.4 Å². The summed E-state index contributed by atoms with van der Waals surface area (Å²) in [4.78, 5) is 26.0. The molecule has 0 amide bonds. The van der Waals surface area contributed by atoms with Gasteiger partial charge in [0.2, 0.25) is 0 Å². The first-order valence-electron chi connectivity index (χ1n) is 5.52. The number of hydrogen-bond donors (Lipinski definition) is 3. The van der Waals surface area contributed by atoms with Crippen LogP contribution in [-0.2, 0) is 10.0 Å². The standard InChI is InChI=1S/C11H9ClFN3O4S/c1-5-9(10(17)15-11(18)14-5)21(19,20)16-6-2-3-8(13)7(12)4-6/h2-4,16H,1H3,(H2,14,15,17,18). The average molecular weight is 334 g/mol. The van der Waals surface area contributed by atoms with Crippen LogP contribution in [0, 0.1) is 12.7 Å². The van der Waals surface area contributed by atoms with Crippen molar-refractivity contribution in [1.29, 1.82) is 0 Å². The summed E-state index contributed by atoms with van der Waals surface area (Å²) in [6.07, 6.45) is 0. The fourth-order valence-electron chi connectivity index (χ4n) is 1.68. The number of aryl methyl sites for hydroxylation is 1. The Kier molecular flexibility index (Phi) is 3.88. The van der Waals surface area contributed by atoms with Crippen LogP contribution in [-0.4, -0.2) is 18.4 Å². The van der Waals surface area contributed by atoms with E-state index in [1.54, 1.807) is 0 Å². The summed E-state index contributed by atoms with van der Waals surface area (Å²) in [7, 11) is -4.27. The van der Waals surface area contributed by atoms with Gasteiger partial charge in [-0.15, -0.1) is 0 Å². The van der Waals surface area contributed by atoms with Gasteiger partial charge in [-0.25, -0.2) is 17.6 Å². The van der Waals surface area contributed by atoms with Gasteiger partial charge in [0, 0.05) is 5.69 Å². The molecule has 3 N–H and O–H groups in total. The van der Waals surface area contributed by atoms with Crippen LogP contribution in [0.1, 0.15) is 5.69 Å². The van der Waals surface area contributed by atoms with E-state index in [0.717, 1.165) is 18.2 Å². The lowest BCUT2D eigenvalue weighted by atomic mass is 10.3. The highest BCUT2D eigenvalue weighted by Gasteiger charge is 2.22. The molecule has 0 radical (unpaired) electrons. The van der Waals surface area contributed by atoms with Gasteiger partial charge in [0.25, 0.3) is 15.6 Å². The fourth-order valence-corrected chi connectivity index (χ4v) is 3.15. The molecule has 2 rings (SSSR count). The van der Waals surface area contributed by atoms with Crippen LogP contribution in [0.4, 0.5) is 10.1 Å². The molecular weight excluding hydrogens is 325 g/mol. The SMILES string of the molecule is Cc1[nH]c(=O)[nH]c(=O)c1S(=O)(=O)Nc1ccc(F)c(Cl)c1. The Morgan fingerprint density at radius 2 is 1.90 bits per heavy atom. The minimum atomic E-state index is -4.27. The highest BCUT2D eigenvalue weighted by molar-refractivity contribution is 7.92. The van der Waals surface area contributed by atoms with Crippen LogP contribution in [0.15, 0.2) is 32.7 Å². The van der Waals surface area contributed by atoms with Gasteiger partial charge in [0.05, 0.1) is 10.7 Å².